The van der Waals surface area contributed by atoms with E-state index >= 15 is 0 Å². The number of hydrogen-bond donors (Lipinski definition) is 1. The average Bonchev–Trinajstić information content (AvgIpc) is 3.09. The monoisotopic (exact) mass is 368 g/mol. The second-order valence-corrected chi connectivity index (χ2v) is 6.75. The van der Waals surface area contributed by atoms with Crippen molar-refractivity contribution in [3.05, 3.63) is 70.6 Å². The van der Waals surface area contributed by atoms with Crippen molar-refractivity contribution in [1.82, 2.24) is 15.0 Å². The van der Waals surface area contributed by atoms with Crippen molar-refractivity contribution in [2.24, 2.45) is 5.73 Å². The van der Waals surface area contributed by atoms with Crippen LogP contribution < -0.4 is 5.73 Å². The van der Waals surface area contributed by atoms with Crippen molar-refractivity contribution in [2.75, 3.05) is 0 Å². The van der Waals surface area contributed by atoms with Crippen LogP contribution >= 0.6 is 11.6 Å². The van der Waals surface area contributed by atoms with Crippen LogP contribution in [0.4, 0.5) is 0 Å². The van der Waals surface area contributed by atoms with Crippen LogP contribution in [0.25, 0.3) is 11.4 Å². The first-order valence-corrected chi connectivity index (χ1v) is 8.66. The van der Waals surface area contributed by atoms with Crippen molar-refractivity contribution in [1.29, 1.82) is 0 Å². The summed E-state index contributed by atoms with van der Waals surface area (Å²) >= 11 is 6.01. The molecule has 1 unspecified atom stereocenters. The highest BCUT2D eigenvalue weighted by atomic mass is 35.5. The summed E-state index contributed by atoms with van der Waals surface area (Å²) in [6.07, 6.45) is 0.584. The summed E-state index contributed by atoms with van der Waals surface area (Å²) in [4.78, 5) is 18.3. The normalized spacial score (nSPS) is 17.0. The van der Waals surface area contributed by atoms with Gasteiger partial charge in [0.15, 0.2) is 0 Å². The van der Waals surface area contributed by atoms with Gasteiger partial charge in [-0.15, -0.1) is 0 Å². The molecule has 6 nitrogen and oxygen atoms in total. The molecule has 132 valence electrons. The van der Waals surface area contributed by atoms with E-state index in [2.05, 4.69) is 16.2 Å². The third-order valence-electron chi connectivity index (χ3n) is 4.56. The SMILES string of the molecule is NC(=O)C1Cc2ccccc2CN1Cc1nc(-c2cccc(Cl)c2)no1. The number of amides is 1. The number of halogens is 1. The molecule has 1 aliphatic rings. The maximum absolute atomic E-state index is 11.9. The first kappa shape index (κ1) is 16.8. The molecule has 2 aromatic carbocycles. The van der Waals surface area contributed by atoms with Gasteiger partial charge in [-0.3, -0.25) is 9.69 Å². The van der Waals surface area contributed by atoms with Crippen LogP contribution in [0.5, 0.6) is 0 Å². The summed E-state index contributed by atoms with van der Waals surface area (Å²) in [5, 5.41) is 4.63. The molecule has 26 heavy (non-hydrogen) atoms. The van der Waals surface area contributed by atoms with E-state index < -0.39 is 6.04 Å². The number of carbonyl (C=O) groups is 1. The molecule has 0 bridgehead atoms. The van der Waals surface area contributed by atoms with Crippen molar-refractivity contribution in [2.45, 2.75) is 25.6 Å². The lowest BCUT2D eigenvalue weighted by Gasteiger charge is -2.33. The van der Waals surface area contributed by atoms with Crippen LogP contribution in [0.2, 0.25) is 5.02 Å². The molecule has 1 amide bonds. The molecule has 3 aromatic rings. The average molecular weight is 369 g/mol. The fourth-order valence-corrected chi connectivity index (χ4v) is 3.45. The van der Waals surface area contributed by atoms with Gasteiger partial charge in [0.25, 0.3) is 0 Å². The smallest absolute Gasteiger partial charge is 0.241 e. The zero-order valence-corrected chi connectivity index (χ0v) is 14.7. The van der Waals surface area contributed by atoms with Gasteiger partial charge < -0.3 is 10.3 Å². The molecule has 0 aliphatic carbocycles. The molecule has 0 saturated heterocycles. The fraction of sp³-hybridized carbons (Fsp3) is 0.211. The first-order valence-electron chi connectivity index (χ1n) is 8.29. The van der Waals surface area contributed by atoms with Crippen LogP contribution in [0, 0.1) is 0 Å². The summed E-state index contributed by atoms with van der Waals surface area (Å²) < 4.78 is 5.38. The molecule has 2 heterocycles. The van der Waals surface area contributed by atoms with E-state index in [1.807, 2.05) is 35.2 Å². The number of carbonyl (C=O) groups excluding carboxylic acids is 1. The molecule has 7 heteroatoms. The fourth-order valence-electron chi connectivity index (χ4n) is 3.26. The Kier molecular flexibility index (Phi) is 4.44. The molecule has 1 atom stereocenters. The zero-order valence-electron chi connectivity index (χ0n) is 13.9. The zero-order chi connectivity index (χ0) is 18.1. The van der Waals surface area contributed by atoms with E-state index in [4.69, 9.17) is 21.9 Å². The Balaban J connectivity index is 1.57. The second-order valence-electron chi connectivity index (χ2n) is 6.32. The van der Waals surface area contributed by atoms with Gasteiger partial charge in [0.1, 0.15) is 0 Å². The van der Waals surface area contributed by atoms with Crippen molar-refractivity contribution < 1.29 is 9.32 Å². The molecule has 1 aromatic heterocycles. The number of nitrogens with two attached hydrogens (primary N) is 1. The van der Waals surface area contributed by atoms with Crippen LogP contribution in [0.1, 0.15) is 17.0 Å². The Morgan fingerprint density at radius 3 is 2.81 bits per heavy atom. The van der Waals surface area contributed by atoms with E-state index in [1.54, 1.807) is 12.1 Å². The summed E-state index contributed by atoms with van der Waals surface area (Å²) in [6, 6.07) is 14.9. The van der Waals surface area contributed by atoms with Gasteiger partial charge in [0.2, 0.25) is 17.6 Å². The number of aromatic nitrogens is 2. The molecular formula is C19H17ClN4O2. The molecule has 0 saturated carbocycles. The highest BCUT2D eigenvalue weighted by molar-refractivity contribution is 6.30. The number of rotatable bonds is 4. The van der Waals surface area contributed by atoms with Gasteiger partial charge in [0.05, 0.1) is 12.6 Å². The van der Waals surface area contributed by atoms with Gasteiger partial charge in [-0.25, -0.2) is 0 Å². The predicted octanol–water partition coefficient (Wildman–Crippen LogP) is 2.80. The maximum atomic E-state index is 11.9. The maximum Gasteiger partial charge on any atom is 0.241 e. The standard InChI is InChI=1S/C19H17ClN4O2/c20-15-7-3-6-13(8-15)19-22-17(26-23-19)11-24-10-14-5-2-1-4-12(14)9-16(24)18(21)25/h1-8,16H,9-11H2,(H2,21,25). The van der Waals surface area contributed by atoms with Gasteiger partial charge >= 0.3 is 0 Å². The van der Waals surface area contributed by atoms with E-state index in [-0.39, 0.29) is 5.91 Å². The number of fused-ring (bicyclic) bond motifs is 1. The van der Waals surface area contributed by atoms with Crippen LogP contribution in [-0.2, 0) is 24.3 Å². The largest absolute Gasteiger partial charge is 0.368 e. The Labute approximate surface area is 155 Å². The number of hydrogen-bond acceptors (Lipinski definition) is 5. The summed E-state index contributed by atoms with van der Waals surface area (Å²) in [5.41, 5.74) is 8.73. The van der Waals surface area contributed by atoms with Crippen molar-refractivity contribution in [3.8, 4) is 11.4 Å². The molecule has 4 rings (SSSR count). The van der Waals surface area contributed by atoms with Crippen molar-refractivity contribution >= 4 is 17.5 Å². The van der Waals surface area contributed by atoms with E-state index in [0.717, 1.165) is 11.1 Å². The minimum absolute atomic E-state index is 0.353. The quantitative estimate of drug-likeness (QED) is 0.765. The predicted molar refractivity (Wildman–Crippen MR) is 97.1 cm³/mol. The molecule has 0 spiro atoms. The third-order valence-corrected chi connectivity index (χ3v) is 4.80. The summed E-state index contributed by atoms with van der Waals surface area (Å²) in [7, 11) is 0. The highest BCUT2D eigenvalue weighted by Crippen LogP contribution is 2.25. The van der Waals surface area contributed by atoms with Crippen LogP contribution in [0.3, 0.4) is 0 Å². The van der Waals surface area contributed by atoms with Gasteiger partial charge in [-0.05, 0) is 29.7 Å². The highest BCUT2D eigenvalue weighted by Gasteiger charge is 2.31. The first-order chi connectivity index (χ1) is 12.6. The second kappa shape index (κ2) is 6.90. The van der Waals surface area contributed by atoms with Crippen LogP contribution in [-0.4, -0.2) is 27.0 Å². The van der Waals surface area contributed by atoms with E-state index in [9.17, 15) is 4.79 Å². The van der Waals surface area contributed by atoms with Crippen LogP contribution in [0.15, 0.2) is 53.1 Å². The lowest BCUT2D eigenvalue weighted by atomic mass is 9.93. The number of benzene rings is 2. The number of primary amides is 1. The van der Waals surface area contributed by atoms with E-state index in [0.29, 0.717) is 36.2 Å². The Bertz CT molecular complexity index is 956. The van der Waals surface area contributed by atoms with Gasteiger partial charge in [0, 0.05) is 17.1 Å². The third kappa shape index (κ3) is 3.34. The molecule has 2 N–H and O–H groups in total. The van der Waals surface area contributed by atoms with Crippen molar-refractivity contribution in [3.63, 3.8) is 0 Å². The molecule has 0 fully saturated rings. The topological polar surface area (TPSA) is 85.3 Å². The molecular weight excluding hydrogens is 352 g/mol. The Hall–Kier alpha value is -2.70. The molecule has 0 radical (unpaired) electrons. The Morgan fingerprint density at radius 1 is 1.23 bits per heavy atom. The summed E-state index contributed by atoms with van der Waals surface area (Å²) in [6.45, 7) is 0.966. The minimum atomic E-state index is -0.397. The van der Waals surface area contributed by atoms with Gasteiger partial charge in [-0.2, -0.15) is 4.98 Å². The lowest BCUT2D eigenvalue weighted by molar-refractivity contribution is -0.124. The van der Waals surface area contributed by atoms with E-state index in [1.165, 1.54) is 5.56 Å². The lowest BCUT2D eigenvalue weighted by Crippen LogP contribution is -2.48. The Morgan fingerprint density at radius 2 is 2.04 bits per heavy atom. The summed E-state index contributed by atoms with van der Waals surface area (Å²) in [5.74, 6) is 0.551. The minimum Gasteiger partial charge on any atom is -0.368 e. The number of nitrogens with zero attached hydrogens (tertiary/aromatic N) is 3. The van der Waals surface area contributed by atoms with Gasteiger partial charge in [-0.1, -0.05) is 53.2 Å². The molecule has 1 aliphatic heterocycles.